The molecule has 0 spiro atoms. The van der Waals surface area contributed by atoms with Crippen molar-refractivity contribution in [2.45, 2.75) is 13.3 Å². The highest BCUT2D eigenvalue weighted by Gasteiger charge is 2.14. The molecule has 20 heavy (non-hydrogen) atoms. The van der Waals surface area contributed by atoms with Crippen molar-refractivity contribution in [3.63, 3.8) is 0 Å². The van der Waals surface area contributed by atoms with Crippen molar-refractivity contribution >= 4 is 11.4 Å². The minimum absolute atomic E-state index is 0.0156. The SMILES string of the molecule is Cc1ccc(-c2cccc(CCO)c2N)cc1[N+](=O)[O-]. The van der Waals surface area contributed by atoms with Crippen LogP contribution in [0.3, 0.4) is 0 Å². The Labute approximate surface area is 116 Å². The van der Waals surface area contributed by atoms with Crippen molar-refractivity contribution in [2.24, 2.45) is 0 Å². The molecule has 0 amide bonds. The fourth-order valence-corrected chi connectivity index (χ4v) is 2.18. The third-order valence-electron chi connectivity index (χ3n) is 3.29. The quantitative estimate of drug-likeness (QED) is 0.508. The van der Waals surface area contributed by atoms with E-state index >= 15 is 0 Å². The van der Waals surface area contributed by atoms with Crippen LogP contribution in [0.4, 0.5) is 11.4 Å². The largest absolute Gasteiger partial charge is 0.398 e. The summed E-state index contributed by atoms with van der Waals surface area (Å²) in [6, 6.07) is 10.6. The lowest BCUT2D eigenvalue weighted by Crippen LogP contribution is -2.00. The molecule has 0 bridgehead atoms. The van der Waals surface area contributed by atoms with Gasteiger partial charge in [0.1, 0.15) is 0 Å². The van der Waals surface area contributed by atoms with Gasteiger partial charge in [0.2, 0.25) is 0 Å². The van der Waals surface area contributed by atoms with Crippen LogP contribution >= 0.6 is 0 Å². The summed E-state index contributed by atoms with van der Waals surface area (Å²) in [5, 5.41) is 20.0. The monoisotopic (exact) mass is 272 g/mol. The van der Waals surface area contributed by atoms with E-state index in [4.69, 9.17) is 10.8 Å². The molecule has 0 aliphatic heterocycles. The third-order valence-corrected chi connectivity index (χ3v) is 3.29. The predicted octanol–water partition coefficient (Wildman–Crippen LogP) is 2.69. The van der Waals surface area contributed by atoms with Crippen molar-refractivity contribution < 1.29 is 10.0 Å². The molecule has 5 heteroatoms. The Bertz CT molecular complexity index is 654. The van der Waals surface area contributed by atoms with Crippen molar-refractivity contribution in [1.29, 1.82) is 0 Å². The second-order valence-corrected chi connectivity index (χ2v) is 4.61. The van der Waals surface area contributed by atoms with Gasteiger partial charge in [-0.25, -0.2) is 0 Å². The summed E-state index contributed by atoms with van der Waals surface area (Å²) in [6.45, 7) is 1.72. The zero-order valence-electron chi connectivity index (χ0n) is 11.2. The number of para-hydroxylation sites is 1. The average Bonchev–Trinajstić information content (AvgIpc) is 2.42. The summed E-state index contributed by atoms with van der Waals surface area (Å²) >= 11 is 0. The number of nitrogens with zero attached hydrogens (tertiary/aromatic N) is 1. The fourth-order valence-electron chi connectivity index (χ4n) is 2.18. The number of benzene rings is 2. The minimum Gasteiger partial charge on any atom is -0.398 e. The van der Waals surface area contributed by atoms with E-state index in [1.165, 1.54) is 6.07 Å². The summed E-state index contributed by atoms with van der Waals surface area (Å²) in [4.78, 5) is 10.6. The normalized spacial score (nSPS) is 10.5. The molecule has 0 unspecified atom stereocenters. The number of hydrogen-bond acceptors (Lipinski definition) is 4. The van der Waals surface area contributed by atoms with Gasteiger partial charge in [-0.1, -0.05) is 30.3 Å². The van der Waals surface area contributed by atoms with Crippen molar-refractivity contribution in [1.82, 2.24) is 0 Å². The molecule has 104 valence electrons. The molecule has 2 rings (SSSR count). The summed E-state index contributed by atoms with van der Waals surface area (Å²) in [5.41, 5.74) is 9.63. The van der Waals surface area contributed by atoms with Gasteiger partial charge in [-0.3, -0.25) is 10.1 Å². The van der Waals surface area contributed by atoms with Crippen LogP contribution in [0, 0.1) is 17.0 Å². The van der Waals surface area contributed by atoms with Crippen molar-refractivity contribution in [3.05, 3.63) is 57.6 Å². The molecule has 0 aliphatic carbocycles. The number of nitrogen functional groups attached to an aromatic ring is 1. The first-order chi connectivity index (χ1) is 9.54. The van der Waals surface area contributed by atoms with Gasteiger partial charge in [-0.15, -0.1) is 0 Å². The van der Waals surface area contributed by atoms with Crippen LogP contribution in [-0.2, 0) is 6.42 Å². The predicted molar refractivity (Wildman–Crippen MR) is 78.5 cm³/mol. The van der Waals surface area contributed by atoms with Gasteiger partial charge >= 0.3 is 0 Å². The van der Waals surface area contributed by atoms with Gasteiger partial charge < -0.3 is 10.8 Å². The minimum atomic E-state index is -0.396. The zero-order valence-corrected chi connectivity index (χ0v) is 11.2. The number of aliphatic hydroxyl groups is 1. The lowest BCUT2D eigenvalue weighted by atomic mass is 9.97. The number of nitro benzene ring substituents is 1. The molecule has 2 aromatic carbocycles. The Balaban J connectivity index is 2.54. The highest BCUT2D eigenvalue weighted by atomic mass is 16.6. The molecule has 0 saturated carbocycles. The molecule has 5 nitrogen and oxygen atoms in total. The summed E-state index contributed by atoms with van der Waals surface area (Å²) < 4.78 is 0. The van der Waals surface area contributed by atoms with E-state index in [0.717, 1.165) is 11.1 Å². The zero-order chi connectivity index (χ0) is 14.7. The second kappa shape index (κ2) is 5.71. The lowest BCUT2D eigenvalue weighted by molar-refractivity contribution is -0.385. The van der Waals surface area contributed by atoms with E-state index in [1.807, 2.05) is 24.3 Å². The van der Waals surface area contributed by atoms with Gasteiger partial charge in [-0.2, -0.15) is 0 Å². The van der Waals surface area contributed by atoms with Crippen LogP contribution in [0.15, 0.2) is 36.4 Å². The highest BCUT2D eigenvalue weighted by Crippen LogP contribution is 2.32. The molecule has 2 aromatic rings. The van der Waals surface area contributed by atoms with Crippen LogP contribution in [0.2, 0.25) is 0 Å². The van der Waals surface area contributed by atoms with Crippen LogP contribution in [0.25, 0.3) is 11.1 Å². The number of aryl methyl sites for hydroxylation is 1. The summed E-state index contributed by atoms with van der Waals surface area (Å²) in [5.74, 6) is 0. The molecule has 0 aromatic heterocycles. The number of nitrogens with two attached hydrogens (primary N) is 1. The average molecular weight is 272 g/mol. The molecule has 0 radical (unpaired) electrons. The number of rotatable bonds is 4. The van der Waals surface area contributed by atoms with Gasteiger partial charge in [0, 0.05) is 29.5 Å². The third kappa shape index (κ3) is 2.62. The molecular weight excluding hydrogens is 256 g/mol. The Kier molecular flexibility index (Phi) is 4.00. The van der Waals surface area contributed by atoms with Crippen LogP contribution < -0.4 is 5.73 Å². The Morgan fingerprint density at radius 2 is 2.05 bits per heavy atom. The van der Waals surface area contributed by atoms with Crippen LogP contribution in [0.1, 0.15) is 11.1 Å². The topological polar surface area (TPSA) is 89.4 Å². The smallest absolute Gasteiger partial charge is 0.272 e. The number of aliphatic hydroxyl groups excluding tert-OH is 1. The number of nitro groups is 1. The van der Waals surface area contributed by atoms with E-state index in [-0.39, 0.29) is 12.3 Å². The Morgan fingerprint density at radius 3 is 2.70 bits per heavy atom. The molecule has 0 atom stereocenters. The van der Waals surface area contributed by atoms with Crippen LogP contribution in [0.5, 0.6) is 0 Å². The van der Waals surface area contributed by atoms with E-state index in [2.05, 4.69) is 0 Å². The van der Waals surface area contributed by atoms with E-state index in [1.54, 1.807) is 13.0 Å². The summed E-state index contributed by atoms with van der Waals surface area (Å²) in [7, 11) is 0. The molecular formula is C15H16N2O3. The fraction of sp³-hybridized carbons (Fsp3) is 0.200. The first kappa shape index (κ1) is 14.0. The van der Waals surface area contributed by atoms with E-state index < -0.39 is 4.92 Å². The molecule has 3 N–H and O–H groups in total. The standard InChI is InChI=1S/C15H16N2O3/c1-10-5-6-12(9-14(10)17(19)20)13-4-2-3-11(7-8-18)15(13)16/h2-6,9,18H,7-8,16H2,1H3. The second-order valence-electron chi connectivity index (χ2n) is 4.61. The van der Waals surface area contributed by atoms with Crippen molar-refractivity contribution in [3.8, 4) is 11.1 Å². The van der Waals surface area contributed by atoms with Gasteiger partial charge in [0.05, 0.1) is 4.92 Å². The molecule has 0 fully saturated rings. The Morgan fingerprint density at radius 1 is 1.30 bits per heavy atom. The van der Waals surface area contributed by atoms with Crippen molar-refractivity contribution in [2.75, 3.05) is 12.3 Å². The summed E-state index contributed by atoms with van der Waals surface area (Å²) in [6.07, 6.45) is 0.466. The lowest BCUT2D eigenvalue weighted by Gasteiger charge is -2.11. The number of hydrogen-bond donors (Lipinski definition) is 2. The molecule has 0 heterocycles. The maximum absolute atomic E-state index is 11.0. The van der Waals surface area contributed by atoms with E-state index in [0.29, 0.717) is 23.2 Å². The highest BCUT2D eigenvalue weighted by molar-refractivity contribution is 5.80. The van der Waals surface area contributed by atoms with Gasteiger partial charge in [0.15, 0.2) is 0 Å². The first-order valence-corrected chi connectivity index (χ1v) is 6.28. The van der Waals surface area contributed by atoms with Gasteiger partial charge in [0.25, 0.3) is 5.69 Å². The maximum Gasteiger partial charge on any atom is 0.272 e. The maximum atomic E-state index is 11.0. The number of anilines is 1. The molecule has 0 aliphatic rings. The van der Waals surface area contributed by atoms with E-state index in [9.17, 15) is 10.1 Å². The molecule has 0 saturated heterocycles. The Hall–Kier alpha value is -2.40. The van der Waals surface area contributed by atoms with Crippen LogP contribution in [-0.4, -0.2) is 16.6 Å². The first-order valence-electron chi connectivity index (χ1n) is 6.28. The van der Waals surface area contributed by atoms with Gasteiger partial charge in [-0.05, 0) is 24.5 Å².